The number of carbonyl (C=O) groups is 6. The number of hydroxylamine groups is 2. The van der Waals surface area contributed by atoms with Gasteiger partial charge in [-0.2, -0.15) is 0 Å². The summed E-state index contributed by atoms with van der Waals surface area (Å²) in [6.07, 6.45) is 7.14. The van der Waals surface area contributed by atoms with E-state index in [0.29, 0.717) is 94.4 Å². The second-order valence-electron chi connectivity index (χ2n) is 15.5. The third kappa shape index (κ3) is 8.22. The Morgan fingerprint density at radius 3 is 0.956 bits per heavy atom. The first-order chi connectivity index (χ1) is 32.4. The van der Waals surface area contributed by atoms with Gasteiger partial charge in [0.1, 0.15) is 0 Å². The standard InChI is InChI=1S/C52H33N5O10.Pt/c58-43-25-26-44(59)57(43)67-52(66)34-15-7-30(8-16-34)48-41-23-21-39(55-41)46(28-3-11-32(12-4-28)50(62)63)37-19-17-35(53-37)45(27-1-9-31(10-2-27)49(60)61)36-18-20-38(54-36)47(40-22-24-42(48)56-40)29-5-13-33(14-6-29)51(64)65;/h1-24H,25-26H2,(H5,53,54,55,56,60,61,62,63,64,65,66);/q;+2/p-2. The van der Waals surface area contributed by atoms with Gasteiger partial charge in [0.15, 0.2) is 0 Å². The van der Waals surface area contributed by atoms with Crippen molar-refractivity contribution >= 4 is 82.1 Å². The number of fused-ring (bicyclic) bond motifs is 8. The molecular formula is C52H31N5O10Pt. The molecule has 3 N–H and O–H groups in total. The third-order valence-electron chi connectivity index (χ3n) is 11.5. The van der Waals surface area contributed by atoms with Crippen LogP contribution in [-0.2, 0) is 35.5 Å². The SMILES string of the molecule is O=C(O)c1ccc(-c2c3nc(c(-c4ccc(C(=O)O)cc4)c4ccc([n-]4)c(-c4ccc(C(=O)ON5C(=O)CCC5=O)cc4)c4nc(c(-c5ccc(C(=O)O)cc5)c5ccc2[n-]5)C=C4)C=C3)cc1.[Pt+2]. The molecule has 7 aromatic rings. The molecular weight excluding hydrogens is 1050 g/mol. The van der Waals surface area contributed by atoms with Crippen LogP contribution in [0.1, 0.15) is 77.0 Å². The summed E-state index contributed by atoms with van der Waals surface area (Å²) < 4.78 is 0. The summed E-state index contributed by atoms with van der Waals surface area (Å²) in [6, 6.07) is 32.6. The Kier molecular flexibility index (Phi) is 11.7. The molecule has 0 saturated carbocycles. The normalized spacial score (nSPS) is 12.8. The van der Waals surface area contributed by atoms with Gasteiger partial charge in [-0.25, -0.2) is 29.1 Å². The minimum absolute atomic E-state index is 0. The molecule has 68 heavy (non-hydrogen) atoms. The van der Waals surface area contributed by atoms with Crippen molar-refractivity contribution in [3.05, 3.63) is 166 Å². The van der Waals surface area contributed by atoms with Gasteiger partial charge in [-0.15, -0.1) is 27.1 Å². The van der Waals surface area contributed by atoms with Crippen molar-refractivity contribution in [3.63, 3.8) is 0 Å². The Morgan fingerprint density at radius 2 is 0.691 bits per heavy atom. The van der Waals surface area contributed by atoms with Gasteiger partial charge in [-0.1, -0.05) is 72.8 Å². The maximum absolute atomic E-state index is 13.1. The van der Waals surface area contributed by atoms with Gasteiger partial charge in [-0.3, -0.25) is 9.59 Å². The topological polar surface area (TPSA) is 230 Å². The summed E-state index contributed by atoms with van der Waals surface area (Å²) in [5.41, 5.74) is 8.86. The Balaban J connectivity index is 0.00000578. The predicted octanol–water partition coefficient (Wildman–Crippen LogP) is 8.89. The number of hydrogen-bond acceptors (Lipinski definition) is 9. The number of benzene rings is 4. The predicted molar refractivity (Wildman–Crippen MR) is 246 cm³/mol. The average molecular weight is 1080 g/mol. The minimum atomic E-state index is -1.09. The van der Waals surface area contributed by atoms with E-state index in [9.17, 15) is 44.1 Å². The number of carboxylic acid groups (broad SMARTS) is 3. The molecule has 334 valence electrons. The molecule has 3 aromatic heterocycles. The van der Waals surface area contributed by atoms with Crippen LogP contribution in [0, 0.1) is 0 Å². The van der Waals surface area contributed by atoms with Crippen LogP contribution in [0.3, 0.4) is 0 Å². The van der Waals surface area contributed by atoms with Crippen molar-refractivity contribution in [2.45, 2.75) is 12.8 Å². The zero-order valence-electron chi connectivity index (χ0n) is 35.0. The number of carboxylic acids is 3. The van der Waals surface area contributed by atoms with Crippen LogP contribution in [0.25, 0.3) is 90.9 Å². The summed E-state index contributed by atoms with van der Waals surface area (Å²) in [4.78, 5) is 98.9. The molecule has 0 atom stereocenters. The molecule has 0 unspecified atom stereocenters. The van der Waals surface area contributed by atoms with Crippen LogP contribution in [-0.4, -0.2) is 66.0 Å². The van der Waals surface area contributed by atoms with E-state index in [1.165, 1.54) is 48.5 Å². The zero-order valence-corrected chi connectivity index (χ0v) is 37.3. The molecule has 10 rings (SSSR count). The molecule has 0 spiro atoms. The fourth-order valence-corrected chi connectivity index (χ4v) is 8.18. The molecule has 15 nitrogen and oxygen atoms in total. The van der Waals surface area contributed by atoms with Crippen molar-refractivity contribution in [2.24, 2.45) is 0 Å². The average Bonchev–Trinajstić information content (AvgIpc) is 4.21. The molecule has 0 radical (unpaired) electrons. The van der Waals surface area contributed by atoms with Crippen LogP contribution in [0.15, 0.2) is 121 Å². The summed E-state index contributed by atoms with van der Waals surface area (Å²) >= 11 is 0. The minimum Gasteiger partial charge on any atom is -0.657 e. The monoisotopic (exact) mass is 1080 g/mol. The fourth-order valence-electron chi connectivity index (χ4n) is 8.18. The second kappa shape index (κ2) is 17.9. The van der Waals surface area contributed by atoms with Gasteiger partial charge in [0.2, 0.25) is 0 Å². The number of imide groups is 1. The van der Waals surface area contributed by atoms with E-state index < -0.39 is 35.7 Å². The Morgan fingerprint density at radius 1 is 0.426 bits per heavy atom. The van der Waals surface area contributed by atoms with E-state index in [2.05, 4.69) is 0 Å². The number of hydrogen-bond donors (Lipinski definition) is 3. The first-order valence-corrected chi connectivity index (χ1v) is 20.7. The van der Waals surface area contributed by atoms with E-state index in [1.54, 1.807) is 60.7 Å². The first kappa shape index (κ1) is 44.4. The molecule has 3 aliphatic heterocycles. The summed E-state index contributed by atoms with van der Waals surface area (Å²) in [5, 5.41) is 29.7. The molecule has 1 fully saturated rings. The molecule has 16 heteroatoms. The van der Waals surface area contributed by atoms with Crippen molar-refractivity contribution in [1.82, 2.24) is 25.0 Å². The van der Waals surface area contributed by atoms with Crippen LogP contribution < -0.4 is 9.97 Å². The Hall–Kier alpha value is -8.81. The number of nitrogens with zero attached hydrogens (tertiary/aromatic N) is 5. The molecule has 0 aliphatic carbocycles. The van der Waals surface area contributed by atoms with E-state index in [-0.39, 0.29) is 56.2 Å². The molecule has 8 bridgehead atoms. The van der Waals surface area contributed by atoms with E-state index in [1.807, 2.05) is 36.4 Å². The number of carbonyl (C=O) groups excluding carboxylic acids is 3. The quantitative estimate of drug-likeness (QED) is 0.115. The van der Waals surface area contributed by atoms with E-state index in [4.69, 9.17) is 24.8 Å². The molecule has 4 aromatic carbocycles. The number of aromatic nitrogens is 4. The van der Waals surface area contributed by atoms with Crippen LogP contribution in [0.5, 0.6) is 0 Å². The van der Waals surface area contributed by atoms with E-state index in [0.717, 1.165) is 0 Å². The van der Waals surface area contributed by atoms with Gasteiger partial charge >= 0.3 is 44.9 Å². The zero-order chi connectivity index (χ0) is 46.5. The summed E-state index contributed by atoms with van der Waals surface area (Å²) in [5.74, 6) is -5.40. The number of amides is 2. The molecule has 6 heterocycles. The van der Waals surface area contributed by atoms with E-state index >= 15 is 0 Å². The fraction of sp³-hybridized carbons (Fsp3) is 0.0385. The van der Waals surface area contributed by atoms with Crippen molar-refractivity contribution in [3.8, 4) is 44.5 Å². The summed E-state index contributed by atoms with van der Waals surface area (Å²) in [7, 11) is 0. The smallest absolute Gasteiger partial charge is 0.657 e. The maximum atomic E-state index is 13.1. The molecule has 1 saturated heterocycles. The van der Waals surface area contributed by atoms with Crippen LogP contribution in [0.2, 0.25) is 0 Å². The Labute approximate surface area is 399 Å². The van der Waals surface area contributed by atoms with Crippen molar-refractivity contribution in [1.29, 1.82) is 0 Å². The Bertz CT molecular complexity index is 3450. The first-order valence-electron chi connectivity index (χ1n) is 20.7. The van der Waals surface area contributed by atoms with Gasteiger partial charge in [0, 0.05) is 12.8 Å². The second-order valence-corrected chi connectivity index (χ2v) is 15.5. The maximum Gasteiger partial charge on any atom is 2.00 e. The number of rotatable bonds is 9. The van der Waals surface area contributed by atoms with Gasteiger partial charge < -0.3 is 30.1 Å². The van der Waals surface area contributed by atoms with Gasteiger partial charge in [0.05, 0.1) is 45.0 Å². The molecule has 3 aliphatic rings. The van der Waals surface area contributed by atoms with Crippen LogP contribution >= 0.6 is 0 Å². The number of aromatic carboxylic acids is 3. The van der Waals surface area contributed by atoms with Crippen molar-refractivity contribution < 1.29 is 70.0 Å². The largest absolute Gasteiger partial charge is 2.00 e. The molecule has 2 amide bonds. The van der Waals surface area contributed by atoms with Crippen LogP contribution in [0.4, 0.5) is 0 Å². The summed E-state index contributed by atoms with van der Waals surface area (Å²) in [6.45, 7) is 0. The van der Waals surface area contributed by atoms with Gasteiger partial charge in [-0.05, 0) is 117 Å². The third-order valence-corrected chi connectivity index (χ3v) is 11.5. The van der Waals surface area contributed by atoms with Gasteiger partial charge in [0.25, 0.3) is 11.8 Å². The van der Waals surface area contributed by atoms with Crippen molar-refractivity contribution in [2.75, 3.05) is 0 Å².